The first kappa shape index (κ1) is 22.4. The molecule has 1 aliphatic heterocycles. The first-order valence-corrected chi connectivity index (χ1v) is 10.3. The molecule has 0 aromatic heterocycles. The van der Waals surface area contributed by atoms with Crippen molar-refractivity contribution in [2.45, 2.75) is 13.3 Å². The van der Waals surface area contributed by atoms with Crippen LogP contribution in [0, 0.1) is 5.82 Å². The number of ether oxygens (including phenoxy) is 2. The molecule has 1 N–H and O–H groups in total. The number of imide groups is 1. The van der Waals surface area contributed by atoms with Crippen molar-refractivity contribution in [3.05, 3.63) is 58.8 Å². The zero-order chi connectivity index (χ0) is 22.4. The van der Waals surface area contributed by atoms with Crippen LogP contribution in [0.25, 0.3) is 6.08 Å². The third-order valence-electron chi connectivity index (χ3n) is 4.31. The van der Waals surface area contributed by atoms with Crippen LogP contribution in [0.4, 0.5) is 14.9 Å². The zero-order valence-electron chi connectivity index (χ0n) is 17.0. The molecule has 7 nitrogen and oxygen atoms in total. The van der Waals surface area contributed by atoms with Crippen molar-refractivity contribution in [2.24, 2.45) is 0 Å². The Morgan fingerprint density at radius 2 is 1.94 bits per heavy atom. The van der Waals surface area contributed by atoms with Crippen LogP contribution in [-0.4, -0.2) is 42.2 Å². The quantitative estimate of drug-likeness (QED) is 0.611. The number of amides is 3. The number of para-hydroxylation sites is 1. The summed E-state index contributed by atoms with van der Waals surface area (Å²) in [6.45, 7) is 1.90. The number of halogens is 1. The Kier molecular flexibility index (Phi) is 7.30. The number of nitrogens with zero attached hydrogens (tertiary/aromatic N) is 1. The predicted octanol–water partition coefficient (Wildman–Crippen LogP) is 4.30. The number of carbonyl (C=O) groups is 3. The van der Waals surface area contributed by atoms with Gasteiger partial charge in [-0.3, -0.25) is 19.3 Å². The van der Waals surface area contributed by atoms with Crippen LogP contribution in [0.15, 0.2) is 47.4 Å². The topological polar surface area (TPSA) is 84.9 Å². The van der Waals surface area contributed by atoms with E-state index in [0.29, 0.717) is 30.0 Å². The number of hydrogen-bond donors (Lipinski definition) is 1. The van der Waals surface area contributed by atoms with Crippen molar-refractivity contribution < 1.29 is 28.2 Å². The third kappa shape index (κ3) is 5.43. The molecule has 0 saturated carbocycles. The Bertz CT molecular complexity index is 1020. The smallest absolute Gasteiger partial charge is 0.293 e. The van der Waals surface area contributed by atoms with Gasteiger partial charge in [0.2, 0.25) is 0 Å². The third-order valence-corrected chi connectivity index (χ3v) is 5.22. The molecule has 31 heavy (non-hydrogen) atoms. The summed E-state index contributed by atoms with van der Waals surface area (Å²) >= 11 is 0.858. The largest absolute Gasteiger partial charge is 0.493 e. The first-order chi connectivity index (χ1) is 14.9. The summed E-state index contributed by atoms with van der Waals surface area (Å²) in [5.74, 6) is -0.583. The molecule has 0 bridgehead atoms. The molecular formula is C22H21FN2O5S. The highest BCUT2D eigenvalue weighted by Gasteiger charge is 2.34. The Morgan fingerprint density at radius 1 is 1.19 bits per heavy atom. The highest BCUT2D eigenvalue weighted by atomic mass is 32.2. The lowest BCUT2D eigenvalue weighted by molar-refractivity contribution is -0.122. The van der Waals surface area contributed by atoms with Gasteiger partial charge in [0.25, 0.3) is 17.1 Å². The summed E-state index contributed by atoms with van der Waals surface area (Å²) in [5.41, 5.74) is 0.927. The molecule has 0 atom stereocenters. The summed E-state index contributed by atoms with van der Waals surface area (Å²) in [4.78, 5) is 38.3. The number of hydrogen-bond acceptors (Lipinski definition) is 6. The van der Waals surface area contributed by atoms with E-state index in [0.717, 1.165) is 11.8 Å². The molecule has 3 rings (SSSR count). The van der Waals surface area contributed by atoms with Crippen LogP contribution in [0.3, 0.4) is 0 Å². The van der Waals surface area contributed by atoms with Crippen molar-refractivity contribution >= 4 is 40.6 Å². The van der Waals surface area contributed by atoms with Crippen LogP contribution in [0.2, 0.25) is 0 Å². The molecule has 0 radical (unpaired) electrons. The van der Waals surface area contributed by atoms with E-state index in [1.165, 1.54) is 36.3 Å². The molecule has 1 fully saturated rings. The van der Waals surface area contributed by atoms with Crippen molar-refractivity contribution in [1.82, 2.24) is 4.90 Å². The lowest BCUT2D eigenvalue weighted by atomic mass is 10.1. The van der Waals surface area contributed by atoms with Crippen molar-refractivity contribution in [3.8, 4) is 11.5 Å². The molecule has 1 aliphatic rings. The second kappa shape index (κ2) is 10.1. The van der Waals surface area contributed by atoms with Gasteiger partial charge in [-0.2, -0.15) is 0 Å². The number of nitrogens with one attached hydrogen (secondary N) is 1. The van der Waals surface area contributed by atoms with Gasteiger partial charge in [-0.25, -0.2) is 4.39 Å². The monoisotopic (exact) mass is 444 g/mol. The molecule has 2 aromatic carbocycles. The molecule has 0 unspecified atom stereocenters. The number of carbonyl (C=O) groups excluding carboxylic acids is 3. The number of thioether (sulfide) groups is 1. The van der Waals surface area contributed by atoms with Gasteiger partial charge >= 0.3 is 0 Å². The van der Waals surface area contributed by atoms with Crippen molar-refractivity contribution in [3.63, 3.8) is 0 Å². The molecular weight excluding hydrogens is 423 g/mol. The molecule has 1 saturated heterocycles. The first-order valence-electron chi connectivity index (χ1n) is 9.53. The highest BCUT2D eigenvalue weighted by Crippen LogP contribution is 2.37. The summed E-state index contributed by atoms with van der Waals surface area (Å²) in [6, 6.07) is 10.4. The fraction of sp³-hybridized carbons (Fsp3) is 0.227. The maximum Gasteiger partial charge on any atom is 0.293 e. The fourth-order valence-electron chi connectivity index (χ4n) is 2.89. The molecule has 2 aromatic rings. The van der Waals surface area contributed by atoms with Gasteiger partial charge in [0.05, 0.1) is 12.0 Å². The second-order valence-corrected chi connectivity index (χ2v) is 7.55. The van der Waals surface area contributed by atoms with E-state index in [4.69, 9.17) is 9.47 Å². The number of methoxy groups -OCH3 is 1. The van der Waals surface area contributed by atoms with E-state index in [1.54, 1.807) is 24.3 Å². The lowest BCUT2D eigenvalue weighted by Crippen LogP contribution is -2.28. The number of benzene rings is 2. The summed E-state index contributed by atoms with van der Waals surface area (Å²) < 4.78 is 24.0. The standard InChI is InChI=1S/C22H21FN2O5S/c1-3-11-25-21(27)18(31-22(25)28)12-14-5-4-6-17(29-2)20(14)30-13-19(26)24-16-9-7-15(23)8-10-16/h4-10,12H,3,11,13H2,1-2H3,(H,24,26)/b18-12+. The zero-order valence-corrected chi connectivity index (χ0v) is 17.8. The summed E-state index contributed by atoms with van der Waals surface area (Å²) in [5, 5.41) is 2.29. The minimum atomic E-state index is -0.452. The van der Waals surface area contributed by atoms with Crippen LogP contribution in [0.1, 0.15) is 18.9 Å². The molecule has 9 heteroatoms. The number of rotatable bonds is 8. The normalized spacial score (nSPS) is 14.8. The molecule has 0 spiro atoms. The summed E-state index contributed by atoms with van der Waals surface area (Å²) in [6.07, 6.45) is 2.22. The Morgan fingerprint density at radius 3 is 2.61 bits per heavy atom. The summed E-state index contributed by atoms with van der Waals surface area (Å²) in [7, 11) is 1.46. The van der Waals surface area contributed by atoms with Gasteiger partial charge in [-0.15, -0.1) is 0 Å². The van der Waals surface area contributed by atoms with Crippen LogP contribution in [-0.2, 0) is 9.59 Å². The van der Waals surface area contributed by atoms with Crippen LogP contribution in [0.5, 0.6) is 11.5 Å². The lowest BCUT2D eigenvalue weighted by Gasteiger charge is -2.14. The predicted molar refractivity (Wildman–Crippen MR) is 116 cm³/mol. The van der Waals surface area contributed by atoms with Gasteiger partial charge in [0.15, 0.2) is 18.1 Å². The minimum Gasteiger partial charge on any atom is -0.493 e. The van der Waals surface area contributed by atoms with Gasteiger partial charge in [0, 0.05) is 17.8 Å². The highest BCUT2D eigenvalue weighted by molar-refractivity contribution is 8.18. The van der Waals surface area contributed by atoms with Gasteiger partial charge in [-0.05, 0) is 54.6 Å². The second-order valence-electron chi connectivity index (χ2n) is 6.56. The Labute approximate surface area is 183 Å². The average molecular weight is 444 g/mol. The van der Waals surface area contributed by atoms with E-state index >= 15 is 0 Å². The van der Waals surface area contributed by atoms with Crippen LogP contribution >= 0.6 is 11.8 Å². The Hall–Kier alpha value is -3.33. The minimum absolute atomic E-state index is 0.265. The van der Waals surface area contributed by atoms with E-state index in [9.17, 15) is 18.8 Å². The molecule has 3 amide bonds. The SMILES string of the molecule is CCCN1C(=O)S/C(=C/c2cccc(OC)c2OCC(=O)Nc2ccc(F)cc2)C1=O. The van der Waals surface area contributed by atoms with E-state index in [-0.39, 0.29) is 28.4 Å². The fourth-order valence-corrected chi connectivity index (χ4v) is 3.74. The average Bonchev–Trinajstić information content (AvgIpc) is 3.02. The van der Waals surface area contributed by atoms with Gasteiger partial charge in [0.1, 0.15) is 5.82 Å². The van der Waals surface area contributed by atoms with Crippen LogP contribution < -0.4 is 14.8 Å². The molecule has 0 aliphatic carbocycles. The maximum absolute atomic E-state index is 13.0. The Balaban J connectivity index is 1.78. The van der Waals surface area contributed by atoms with E-state index < -0.39 is 11.7 Å². The molecule has 162 valence electrons. The maximum atomic E-state index is 13.0. The van der Waals surface area contributed by atoms with E-state index in [2.05, 4.69) is 5.32 Å². The molecule has 1 heterocycles. The van der Waals surface area contributed by atoms with Crippen molar-refractivity contribution in [1.29, 1.82) is 0 Å². The van der Waals surface area contributed by atoms with Gasteiger partial charge < -0.3 is 14.8 Å². The van der Waals surface area contributed by atoms with E-state index in [1.807, 2.05) is 6.92 Å². The number of anilines is 1. The van der Waals surface area contributed by atoms with Crippen molar-refractivity contribution in [2.75, 3.05) is 25.6 Å². The van der Waals surface area contributed by atoms with Gasteiger partial charge in [-0.1, -0.05) is 19.1 Å².